The standard InChI is InChI=1S/C34H35N3O/c38-34(31-17-15-27(16-18-31)25-35-20-19-28-9-7-8-14-32(28)26-35)37-23-21-36(22-24-37)33(29-10-3-1-4-11-29)30-12-5-2-6-13-30/h1-18,33H,19-26H2. The zero-order valence-electron chi connectivity index (χ0n) is 21.9. The Kier molecular flexibility index (Phi) is 7.34. The Balaban J connectivity index is 1.07. The first-order chi connectivity index (χ1) is 18.7. The molecule has 4 aromatic rings. The van der Waals surface area contributed by atoms with E-state index in [-0.39, 0.29) is 11.9 Å². The Morgan fingerprint density at radius 1 is 0.632 bits per heavy atom. The van der Waals surface area contributed by atoms with Gasteiger partial charge in [-0.3, -0.25) is 14.6 Å². The predicted molar refractivity (Wildman–Crippen MR) is 153 cm³/mol. The number of piperazine rings is 1. The molecular weight excluding hydrogens is 466 g/mol. The van der Waals surface area contributed by atoms with Crippen molar-refractivity contribution in [3.8, 4) is 0 Å². The fourth-order valence-electron chi connectivity index (χ4n) is 5.95. The average Bonchev–Trinajstić information content (AvgIpc) is 2.99. The lowest BCUT2D eigenvalue weighted by Crippen LogP contribution is -2.49. The molecule has 192 valence electrons. The van der Waals surface area contributed by atoms with E-state index in [2.05, 4.69) is 107 Å². The molecule has 0 spiro atoms. The van der Waals surface area contributed by atoms with Gasteiger partial charge < -0.3 is 4.90 Å². The number of benzene rings is 4. The highest BCUT2D eigenvalue weighted by Crippen LogP contribution is 2.29. The van der Waals surface area contributed by atoms with E-state index in [9.17, 15) is 4.79 Å². The highest BCUT2D eigenvalue weighted by molar-refractivity contribution is 5.94. The minimum atomic E-state index is 0.138. The van der Waals surface area contributed by atoms with Crippen molar-refractivity contribution in [2.75, 3.05) is 32.7 Å². The Labute approximate surface area is 226 Å². The summed E-state index contributed by atoms with van der Waals surface area (Å²) in [6.07, 6.45) is 1.11. The van der Waals surface area contributed by atoms with Crippen LogP contribution in [0.3, 0.4) is 0 Å². The maximum atomic E-state index is 13.4. The van der Waals surface area contributed by atoms with Crippen molar-refractivity contribution in [1.82, 2.24) is 14.7 Å². The fourth-order valence-corrected chi connectivity index (χ4v) is 5.95. The van der Waals surface area contributed by atoms with Crippen LogP contribution in [0.1, 0.15) is 44.2 Å². The van der Waals surface area contributed by atoms with E-state index in [1.54, 1.807) is 0 Å². The molecule has 2 heterocycles. The van der Waals surface area contributed by atoms with Gasteiger partial charge in [0.25, 0.3) is 5.91 Å². The summed E-state index contributed by atoms with van der Waals surface area (Å²) in [5, 5.41) is 0. The molecule has 0 bridgehead atoms. The average molecular weight is 502 g/mol. The van der Waals surface area contributed by atoms with Crippen molar-refractivity contribution in [3.63, 3.8) is 0 Å². The van der Waals surface area contributed by atoms with E-state index in [0.717, 1.165) is 57.8 Å². The molecule has 6 rings (SSSR count). The van der Waals surface area contributed by atoms with Gasteiger partial charge in [0.15, 0.2) is 0 Å². The summed E-state index contributed by atoms with van der Waals surface area (Å²) < 4.78 is 0. The van der Waals surface area contributed by atoms with Crippen LogP contribution in [0.2, 0.25) is 0 Å². The summed E-state index contributed by atoms with van der Waals surface area (Å²) in [6.45, 7) is 6.18. The quantitative estimate of drug-likeness (QED) is 0.335. The number of carbonyl (C=O) groups is 1. The molecule has 0 aromatic heterocycles. The van der Waals surface area contributed by atoms with Gasteiger partial charge in [-0.1, -0.05) is 97.1 Å². The van der Waals surface area contributed by atoms with E-state index < -0.39 is 0 Å². The van der Waals surface area contributed by atoms with Gasteiger partial charge in [-0.25, -0.2) is 0 Å². The van der Waals surface area contributed by atoms with Crippen molar-refractivity contribution in [1.29, 1.82) is 0 Å². The molecule has 4 nitrogen and oxygen atoms in total. The van der Waals surface area contributed by atoms with Crippen LogP contribution in [0.4, 0.5) is 0 Å². The lowest BCUT2D eigenvalue weighted by atomic mass is 9.96. The van der Waals surface area contributed by atoms with Gasteiger partial charge >= 0.3 is 0 Å². The number of carbonyl (C=O) groups excluding carboxylic acids is 1. The smallest absolute Gasteiger partial charge is 0.253 e. The zero-order chi connectivity index (χ0) is 25.7. The topological polar surface area (TPSA) is 26.8 Å². The van der Waals surface area contributed by atoms with Crippen molar-refractivity contribution in [3.05, 3.63) is 143 Å². The molecule has 2 aliphatic rings. The van der Waals surface area contributed by atoms with Gasteiger partial charge in [-0.15, -0.1) is 0 Å². The highest BCUT2D eigenvalue weighted by atomic mass is 16.2. The van der Waals surface area contributed by atoms with Crippen LogP contribution in [-0.4, -0.2) is 53.3 Å². The van der Waals surface area contributed by atoms with E-state index in [0.29, 0.717) is 0 Å². The molecular formula is C34H35N3O. The predicted octanol–water partition coefficient (Wildman–Crippen LogP) is 5.79. The van der Waals surface area contributed by atoms with Crippen LogP contribution < -0.4 is 0 Å². The minimum Gasteiger partial charge on any atom is -0.336 e. The Morgan fingerprint density at radius 2 is 1.21 bits per heavy atom. The maximum absolute atomic E-state index is 13.4. The third kappa shape index (κ3) is 5.42. The largest absolute Gasteiger partial charge is 0.336 e. The molecule has 4 heteroatoms. The van der Waals surface area contributed by atoms with Crippen molar-refractivity contribution in [2.45, 2.75) is 25.6 Å². The SMILES string of the molecule is O=C(c1ccc(CN2CCc3ccccc3C2)cc1)N1CCN(C(c2ccccc2)c2ccccc2)CC1. The summed E-state index contributed by atoms with van der Waals surface area (Å²) in [6, 6.07) is 38.6. The first kappa shape index (κ1) is 24.6. The van der Waals surface area contributed by atoms with E-state index >= 15 is 0 Å². The lowest BCUT2D eigenvalue weighted by Gasteiger charge is -2.39. The third-order valence-electron chi connectivity index (χ3n) is 8.01. The van der Waals surface area contributed by atoms with Gasteiger partial charge in [0.05, 0.1) is 6.04 Å². The van der Waals surface area contributed by atoms with Crippen LogP contribution >= 0.6 is 0 Å². The fraction of sp³-hybridized carbons (Fsp3) is 0.265. The molecule has 1 saturated heterocycles. The molecule has 0 aliphatic carbocycles. The summed E-state index contributed by atoms with van der Waals surface area (Å²) >= 11 is 0. The third-order valence-corrected chi connectivity index (χ3v) is 8.01. The summed E-state index contributed by atoms with van der Waals surface area (Å²) in [5.41, 5.74) is 7.56. The molecule has 0 radical (unpaired) electrons. The van der Waals surface area contributed by atoms with Crippen LogP contribution in [0.5, 0.6) is 0 Å². The summed E-state index contributed by atoms with van der Waals surface area (Å²) in [7, 11) is 0. The van der Waals surface area contributed by atoms with Crippen LogP contribution in [0, 0.1) is 0 Å². The molecule has 4 aromatic carbocycles. The molecule has 0 N–H and O–H groups in total. The first-order valence-electron chi connectivity index (χ1n) is 13.8. The minimum absolute atomic E-state index is 0.138. The highest BCUT2D eigenvalue weighted by Gasteiger charge is 2.28. The van der Waals surface area contributed by atoms with Gasteiger partial charge in [0, 0.05) is 51.4 Å². The molecule has 2 aliphatic heterocycles. The first-order valence-corrected chi connectivity index (χ1v) is 13.8. The molecule has 0 saturated carbocycles. The summed E-state index contributed by atoms with van der Waals surface area (Å²) in [4.78, 5) is 20.4. The van der Waals surface area contributed by atoms with Crippen molar-refractivity contribution in [2.24, 2.45) is 0 Å². The second kappa shape index (κ2) is 11.3. The zero-order valence-corrected chi connectivity index (χ0v) is 21.9. The number of nitrogens with zero attached hydrogens (tertiary/aromatic N) is 3. The summed E-state index contributed by atoms with van der Waals surface area (Å²) in [5.74, 6) is 0.138. The normalized spacial score (nSPS) is 16.4. The van der Waals surface area contributed by atoms with E-state index in [1.165, 1.54) is 27.8 Å². The van der Waals surface area contributed by atoms with E-state index in [4.69, 9.17) is 0 Å². The van der Waals surface area contributed by atoms with Crippen molar-refractivity contribution >= 4 is 5.91 Å². The van der Waals surface area contributed by atoms with Gasteiger partial charge in [-0.2, -0.15) is 0 Å². The molecule has 0 atom stereocenters. The molecule has 1 fully saturated rings. The number of hydrogen-bond donors (Lipinski definition) is 0. The Bertz CT molecular complexity index is 1310. The number of hydrogen-bond acceptors (Lipinski definition) is 3. The second-order valence-electron chi connectivity index (χ2n) is 10.5. The number of amides is 1. The van der Waals surface area contributed by atoms with Crippen molar-refractivity contribution < 1.29 is 4.79 Å². The van der Waals surface area contributed by atoms with Crippen LogP contribution in [0.25, 0.3) is 0 Å². The second-order valence-corrected chi connectivity index (χ2v) is 10.5. The number of rotatable bonds is 6. The molecule has 0 unspecified atom stereocenters. The molecule has 1 amide bonds. The Morgan fingerprint density at radius 3 is 1.84 bits per heavy atom. The number of fused-ring (bicyclic) bond motifs is 1. The van der Waals surface area contributed by atoms with Gasteiger partial charge in [0.1, 0.15) is 0 Å². The van der Waals surface area contributed by atoms with Gasteiger partial charge in [-0.05, 0) is 46.4 Å². The van der Waals surface area contributed by atoms with Crippen LogP contribution in [-0.2, 0) is 19.5 Å². The monoisotopic (exact) mass is 501 g/mol. The molecule has 38 heavy (non-hydrogen) atoms. The lowest BCUT2D eigenvalue weighted by molar-refractivity contribution is 0.0597. The maximum Gasteiger partial charge on any atom is 0.253 e. The van der Waals surface area contributed by atoms with E-state index in [1.807, 2.05) is 17.0 Å². The van der Waals surface area contributed by atoms with Gasteiger partial charge in [0.2, 0.25) is 0 Å². The Hall–Kier alpha value is -3.73. The van der Waals surface area contributed by atoms with Crippen LogP contribution in [0.15, 0.2) is 109 Å².